The van der Waals surface area contributed by atoms with E-state index in [4.69, 9.17) is 4.74 Å². The van der Waals surface area contributed by atoms with Gasteiger partial charge in [-0.25, -0.2) is 4.39 Å². The first kappa shape index (κ1) is 10.9. The number of methoxy groups -OCH3 is 1. The number of benzene rings is 1. The van der Waals surface area contributed by atoms with Crippen molar-refractivity contribution >= 4 is 5.69 Å². The molecule has 0 aliphatic heterocycles. The van der Waals surface area contributed by atoms with Crippen molar-refractivity contribution in [2.75, 3.05) is 12.4 Å². The van der Waals surface area contributed by atoms with Crippen molar-refractivity contribution in [3.05, 3.63) is 24.0 Å². The van der Waals surface area contributed by atoms with E-state index in [1.807, 2.05) is 0 Å². The molecule has 2 aliphatic carbocycles. The summed E-state index contributed by atoms with van der Waals surface area (Å²) < 4.78 is 18.3. The van der Waals surface area contributed by atoms with Crippen molar-refractivity contribution in [1.29, 1.82) is 0 Å². The van der Waals surface area contributed by atoms with Crippen LogP contribution in [-0.2, 0) is 0 Å². The number of hydrogen-bond donors (Lipinski definition) is 1. The molecule has 2 nitrogen and oxygen atoms in total. The lowest BCUT2D eigenvalue weighted by molar-refractivity contribution is 0.407. The lowest BCUT2D eigenvalue weighted by atomic mass is 9.95. The van der Waals surface area contributed by atoms with Crippen LogP contribution in [0.15, 0.2) is 18.2 Å². The summed E-state index contributed by atoms with van der Waals surface area (Å²) in [7, 11) is 1.58. The average molecular weight is 235 g/mol. The molecule has 3 rings (SSSR count). The highest BCUT2D eigenvalue weighted by molar-refractivity contribution is 5.57. The second kappa shape index (κ2) is 4.21. The van der Waals surface area contributed by atoms with Crippen LogP contribution >= 0.6 is 0 Å². The van der Waals surface area contributed by atoms with Gasteiger partial charge < -0.3 is 10.1 Å². The number of fused-ring (bicyclic) bond motifs is 2. The summed E-state index contributed by atoms with van der Waals surface area (Å²) in [4.78, 5) is 0. The first-order chi connectivity index (χ1) is 8.26. The lowest BCUT2D eigenvalue weighted by Gasteiger charge is -2.25. The summed E-state index contributed by atoms with van der Waals surface area (Å²) in [6.45, 7) is 0. The third kappa shape index (κ3) is 1.99. The van der Waals surface area contributed by atoms with Crippen molar-refractivity contribution in [2.24, 2.45) is 11.8 Å². The molecule has 2 fully saturated rings. The van der Waals surface area contributed by atoms with E-state index in [2.05, 4.69) is 5.32 Å². The Hall–Kier alpha value is -1.25. The first-order valence-corrected chi connectivity index (χ1v) is 6.36. The topological polar surface area (TPSA) is 21.3 Å². The van der Waals surface area contributed by atoms with Gasteiger partial charge in [-0.3, -0.25) is 0 Å². The van der Waals surface area contributed by atoms with Gasteiger partial charge in [0.1, 0.15) is 11.6 Å². The summed E-state index contributed by atoms with van der Waals surface area (Å²) in [5, 5.41) is 3.53. The summed E-state index contributed by atoms with van der Waals surface area (Å²) >= 11 is 0. The maximum absolute atomic E-state index is 13.1. The van der Waals surface area contributed by atoms with Gasteiger partial charge in [0.15, 0.2) is 0 Å². The molecule has 3 heteroatoms. The van der Waals surface area contributed by atoms with E-state index in [1.54, 1.807) is 13.2 Å². The van der Waals surface area contributed by atoms with Crippen LogP contribution in [0.1, 0.15) is 25.7 Å². The molecular formula is C14H18FNO. The molecule has 2 saturated carbocycles. The van der Waals surface area contributed by atoms with E-state index in [0.29, 0.717) is 11.8 Å². The van der Waals surface area contributed by atoms with E-state index in [0.717, 1.165) is 17.5 Å². The molecule has 3 unspecified atom stereocenters. The fourth-order valence-electron chi connectivity index (χ4n) is 3.41. The maximum atomic E-state index is 13.1. The predicted molar refractivity (Wildman–Crippen MR) is 65.8 cm³/mol. The van der Waals surface area contributed by atoms with Crippen molar-refractivity contribution in [3.8, 4) is 5.75 Å². The van der Waals surface area contributed by atoms with Crippen molar-refractivity contribution in [1.82, 2.24) is 0 Å². The SMILES string of the molecule is COc1cc(F)ccc1NC1CC2CCC1C2. The minimum atomic E-state index is -0.250. The molecule has 0 spiro atoms. The van der Waals surface area contributed by atoms with Gasteiger partial charge in [0, 0.05) is 12.1 Å². The molecule has 2 aliphatic rings. The van der Waals surface area contributed by atoms with Crippen LogP contribution in [0.3, 0.4) is 0 Å². The van der Waals surface area contributed by atoms with E-state index >= 15 is 0 Å². The standard InChI is InChI=1S/C14H18FNO/c1-17-14-8-11(15)4-5-12(14)16-13-7-9-2-3-10(13)6-9/h4-5,8-10,13,16H,2-3,6-7H2,1H3. The second-order valence-electron chi connectivity index (χ2n) is 5.27. The Morgan fingerprint density at radius 2 is 2.18 bits per heavy atom. The fourth-order valence-corrected chi connectivity index (χ4v) is 3.41. The summed E-state index contributed by atoms with van der Waals surface area (Å²) in [6, 6.07) is 5.25. The zero-order valence-electron chi connectivity index (χ0n) is 10.1. The highest BCUT2D eigenvalue weighted by Crippen LogP contribution is 2.46. The molecule has 1 aromatic carbocycles. The normalized spacial score (nSPS) is 30.6. The number of hydrogen-bond acceptors (Lipinski definition) is 2. The van der Waals surface area contributed by atoms with Crippen molar-refractivity contribution < 1.29 is 9.13 Å². The molecule has 0 amide bonds. The number of halogens is 1. The van der Waals surface area contributed by atoms with E-state index in [9.17, 15) is 4.39 Å². The molecule has 92 valence electrons. The van der Waals surface area contributed by atoms with Crippen molar-refractivity contribution in [2.45, 2.75) is 31.7 Å². The van der Waals surface area contributed by atoms with E-state index in [1.165, 1.54) is 37.8 Å². The van der Waals surface area contributed by atoms with Gasteiger partial charge in [-0.15, -0.1) is 0 Å². The number of nitrogens with one attached hydrogen (secondary N) is 1. The highest BCUT2D eigenvalue weighted by atomic mass is 19.1. The smallest absolute Gasteiger partial charge is 0.144 e. The maximum Gasteiger partial charge on any atom is 0.144 e. The Morgan fingerprint density at radius 3 is 2.82 bits per heavy atom. The monoisotopic (exact) mass is 235 g/mol. The molecule has 2 bridgehead atoms. The molecule has 3 atom stereocenters. The van der Waals surface area contributed by atoms with E-state index in [-0.39, 0.29) is 5.82 Å². The van der Waals surface area contributed by atoms with Gasteiger partial charge in [0.05, 0.1) is 12.8 Å². The summed E-state index contributed by atoms with van der Waals surface area (Å²) in [6.07, 6.45) is 5.35. The van der Waals surface area contributed by atoms with Gasteiger partial charge in [0.25, 0.3) is 0 Å². The van der Waals surface area contributed by atoms with Crippen LogP contribution < -0.4 is 10.1 Å². The number of rotatable bonds is 3. The largest absolute Gasteiger partial charge is 0.494 e. The Kier molecular flexibility index (Phi) is 2.69. The third-order valence-electron chi connectivity index (χ3n) is 4.24. The quantitative estimate of drug-likeness (QED) is 0.866. The Bertz CT molecular complexity index is 421. The van der Waals surface area contributed by atoms with Crippen LogP contribution in [0.2, 0.25) is 0 Å². The fraction of sp³-hybridized carbons (Fsp3) is 0.571. The van der Waals surface area contributed by atoms with Gasteiger partial charge in [-0.1, -0.05) is 6.42 Å². The summed E-state index contributed by atoms with van der Waals surface area (Å²) in [5.74, 6) is 2.06. The molecule has 0 heterocycles. The van der Waals surface area contributed by atoms with E-state index < -0.39 is 0 Å². The molecule has 0 saturated heterocycles. The first-order valence-electron chi connectivity index (χ1n) is 6.36. The van der Waals surface area contributed by atoms with Gasteiger partial charge in [0.2, 0.25) is 0 Å². The Balaban J connectivity index is 1.76. The van der Waals surface area contributed by atoms with Gasteiger partial charge in [-0.2, -0.15) is 0 Å². The molecule has 0 radical (unpaired) electrons. The van der Waals surface area contributed by atoms with Crippen LogP contribution in [0.4, 0.5) is 10.1 Å². The number of ether oxygens (including phenoxy) is 1. The third-order valence-corrected chi connectivity index (χ3v) is 4.24. The molecule has 1 N–H and O–H groups in total. The molecule has 0 aromatic heterocycles. The minimum Gasteiger partial charge on any atom is -0.494 e. The Morgan fingerprint density at radius 1 is 1.29 bits per heavy atom. The average Bonchev–Trinajstić information content (AvgIpc) is 2.93. The summed E-state index contributed by atoms with van der Waals surface area (Å²) in [5.41, 5.74) is 0.923. The van der Waals surface area contributed by atoms with Crippen LogP contribution in [0.5, 0.6) is 5.75 Å². The number of anilines is 1. The molecule has 1 aromatic rings. The Labute approximate surface area is 101 Å². The second-order valence-corrected chi connectivity index (χ2v) is 5.27. The molecular weight excluding hydrogens is 217 g/mol. The predicted octanol–water partition coefficient (Wildman–Crippen LogP) is 3.43. The minimum absolute atomic E-state index is 0.250. The van der Waals surface area contributed by atoms with Crippen LogP contribution in [0, 0.1) is 17.7 Å². The van der Waals surface area contributed by atoms with Crippen molar-refractivity contribution in [3.63, 3.8) is 0 Å². The van der Waals surface area contributed by atoms with Crippen LogP contribution in [-0.4, -0.2) is 13.2 Å². The van der Waals surface area contributed by atoms with Gasteiger partial charge in [-0.05, 0) is 43.2 Å². The van der Waals surface area contributed by atoms with Gasteiger partial charge >= 0.3 is 0 Å². The van der Waals surface area contributed by atoms with Crippen LogP contribution in [0.25, 0.3) is 0 Å². The zero-order chi connectivity index (χ0) is 11.8. The molecule has 17 heavy (non-hydrogen) atoms. The highest BCUT2D eigenvalue weighted by Gasteiger charge is 2.39. The zero-order valence-corrected chi connectivity index (χ0v) is 10.1. The lowest BCUT2D eigenvalue weighted by Crippen LogP contribution is -2.26.